The molecule has 1 aliphatic rings. The third-order valence-electron chi connectivity index (χ3n) is 2.48. The summed E-state index contributed by atoms with van der Waals surface area (Å²) in [6, 6.07) is 0. The zero-order valence-electron chi connectivity index (χ0n) is 8.29. The molecule has 0 amide bonds. The highest BCUT2D eigenvalue weighted by molar-refractivity contribution is 7.80. The Labute approximate surface area is 85.1 Å². The number of aliphatic hydroxyl groups is 1. The van der Waals surface area contributed by atoms with E-state index >= 15 is 0 Å². The Balaban J connectivity index is 2.40. The molecule has 3 nitrogen and oxygen atoms in total. The summed E-state index contributed by atoms with van der Waals surface area (Å²) in [5.41, 5.74) is 0. The molecule has 0 aromatic rings. The van der Waals surface area contributed by atoms with Gasteiger partial charge in [-0.15, -0.1) is 0 Å². The smallest absolute Gasteiger partial charge is 0.168 e. The van der Waals surface area contributed by atoms with Gasteiger partial charge in [0, 0.05) is 19.6 Å². The van der Waals surface area contributed by atoms with Gasteiger partial charge in [-0.3, -0.25) is 0 Å². The molecule has 0 aromatic heterocycles. The lowest BCUT2D eigenvalue weighted by Crippen LogP contribution is -2.48. The summed E-state index contributed by atoms with van der Waals surface area (Å²) in [7, 11) is 0. The van der Waals surface area contributed by atoms with Gasteiger partial charge in [-0.25, -0.2) is 0 Å². The third-order valence-corrected chi connectivity index (χ3v) is 2.88. The van der Waals surface area contributed by atoms with Gasteiger partial charge in [0.1, 0.15) is 0 Å². The average molecular weight is 202 g/mol. The maximum Gasteiger partial charge on any atom is 0.168 e. The van der Waals surface area contributed by atoms with Gasteiger partial charge in [-0.2, -0.15) is 0 Å². The fraction of sp³-hybridized carbons (Fsp3) is 0.889. The Kier molecular flexibility index (Phi) is 3.93. The monoisotopic (exact) mass is 202 g/mol. The first-order valence-corrected chi connectivity index (χ1v) is 5.26. The molecule has 1 heterocycles. The fourth-order valence-corrected chi connectivity index (χ4v) is 1.89. The standard InChI is InChI=1S/C9H18N2OS/c1-3-10-9(13)11-5-4-8(12)7(2)6-11/h7-8,12H,3-6H2,1-2H3,(H,10,13). The summed E-state index contributed by atoms with van der Waals surface area (Å²) in [6.45, 7) is 6.70. The van der Waals surface area contributed by atoms with Crippen LogP contribution in [0.4, 0.5) is 0 Å². The largest absolute Gasteiger partial charge is 0.393 e. The van der Waals surface area contributed by atoms with Crippen LogP contribution in [0.15, 0.2) is 0 Å². The Morgan fingerprint density at radius 1 is 1.69 bits per heavy atom. The second-order valence-corrected chi connectivity index (χ2v) is 4.00. The number of piperidine rings is 1. The minimum Gasteiger partial charge on any atom is -0.393 e. The molecule has 1 fully saturated rings. The van der Waals surface area contributed by atoms with Crippen LogP contribution in [0, 0.1) is 5.92 Å². The fourth-order valence-electron chi connectivity index (χ4n) is 1.58. The van der Waals surface area contributed by atoms with Crippen LogP contribution < -0.4 is 5.32 Å². The molecule has 1 rings (SSSR count). The maximum absolute atomic E-state index is 9.52. The summed E-state index contributed by atoms with van der Waals surface area (Å²) in [5, 5.41) is 13.5. The molecule has 0 aliphatic carbocycles. The van der Waals surface area contributed by atoms with Gasteiger partial charge in [0.15, 0.2) is 5.11 Å². The molecular weight excluding hydrogens is 184 g/mol. The molecule has 4 heteroatoms. The Bertz CT molecular complexity index is 186. The Morgan fingerprint density at radius 2 is 2.38 bits per heavy atom. The quantitative estimate of drug-likeness (QED) is 0.610. The highest BCUT2D eigenvalue weighted by Crippen LogP contribution is 2.16. The molecule has 13 heavy (non-hydrogen) atoms. The maximum atomic E-state index is 9.52. The minimum atomic E-state index is -0.152. The second-order valence-electron chi connectivity index (χ2n) is 3.61. The van der Waals surface area contributed by atoms with E-state index in [0.717, 1.165) is 31.2 Å². The van der Waals surface area contributed by atoms with Crippen molar-refractivity contribution in [3.63, 3.8) is 0 Å². The van der Waals surface area contributed by atoms with E-state index in [9.17, 15) is 5.11 Å². The summed E-state index contributed by atoms with van der Waals surface area (Å²) in [5.74, 6) is 0.324. The molecule has 0 saturated carbocycles. The molecule has 2 unspecified atom stereocenters. The molecule has 0 bridgehead atoms. The van der Waals surface area contributed by atoms with Crippen molar-refractivity contribution in [2.75, 3.05) is 19.6 Å². The lowest BCUT2D eigenvalue weighted by Gasteiger charge is -2.35. The van der Waals surface area contributed by atoms with Crippen LogP contribution in [0.1, 0.15) is 20.3 Å². The Hall–Kier alpha value is -0.350. The average Bonchev–Trinajstić information content (AvgIpc) is 2.10. The van der Waals surface area contributed by atoms with E-state index in [1.165, 1.54) is 0 Å². The van der Waals surface area contributed by atoms with E-state index in [4.69, 9.17) is 12.2 Å². The molecule has 1 aliphatic heterocycles. The van der Waals surface area contributed by atoms with Gasteiger partial charge in [-0.1, -0.05) is 6.92 Å². The van der Waals surface area contributed by atoms with Crippen molar-refractivity contribution in [3.8, 4) is 0 Å². The minimum absolute atomic E-state index is 0.152. The molecule has 0 spiro atoms. The van der Waals surface area contributed by atoms with Gasteiger partial charge < -0.3 is 15.3 Å². The molecule has 0 aromatic carbocycles. The van der Waals surface area contributed by atoms with E-state index in [-0.39, 0.29) is 6.10 Å². The van der Waals surface area contributed by atoms with Crippen molar-refractivity contribution in [1.29, 1.82) is 0 Å². The zero-order valence-corrected chi connectivity index (χ0v) is 9.10. The van der Waals surface area contributed by atoms with Crippen LogP contribution in [-0.4, -0.2) is 40.9 Å². The first-order chi connectivity index (χ1) is 6.15. The van der Waals surface area contributed by atoms with E-state index in [0.29, 0.717) is 5.92 Å². The SMILES string of the molecule is CCNC(=S)N1CCC(O)C(C)C1. The first-order valence-electron chi connectivity index (χ1n) is 4.86. The highest BCUT2D eigenvalue weighted by atomic mass is 32.1. The van der Waals surface area contributed by atoms with Gasteiger partial charge in [0.2, 0.25) is 0 Å². The second kappa shape index (κ2) is 4.77. The third kappa shape index (κ3) is 2.81. The topological polar surface area (TPSA) is 35.5 Å². The van der Waals surface area contributed by atoms with Gasteiger partial charge in [0.25, 0.3) is 0 Å². The predicted molar refractivity (Wildman–Crippen MR) is 57.6 cm³/mol. The van der Waals surface area contributed by atoms with Gasteiger partial charge in [0.05, 0.1) is 6.10 Å². The van der Waals surface area contributed by atoms with Crippen molar-refractivity contribution in [2.24, 2.45) is 5.92 Å². The summed E-state index contributed by atoms with van der Waals surface area (Å²) in [6.07, 6.45) is 0.674. The van der Waals surface area contributed by atoms with Crippen LogP contribution in [0.3, 0.4) is 0 Å². The number of thiocarbonyl (C=S) groups is 1. The number of likely N-dealkylation sites (tertiary alicyclic amines) is 1. The van der Waals surface area contributed by atoms with Crippen molar-refractivity contribution < 1.29 is 5.11 Å². The van der Waals surface area contributed by atoms with Crippen LogP contribution in [-0.2, 0) is 0 Å². The summed E-state index contributed by atoms with van der Waals surface area (Å²) < 4.78 is 0. The number of aliphatic hydroxyl groups excluding tert-OH is 1. The zero-order chi connectivity index (χ0) is 9.84. The van der Waals surface area contributed by atoms with Crippen LogP contribution in [0.5, 0.6) is 0 Å². The molecule has 76 valence electrons. The predicted octanol–water partition coefficient (Wildman–Crippen LogP) is 0.583. The normalized spacial score (nSPS) is 28.7. The number of nitrogens with one attached hydrogen (secondary N) is 1. The van der Waals surface area contributed by atoms with Gasteiger partial charge in [-0.05, 0) is 31.5 Å². The molecule has 0 radical (unpaired) electrons. The van der Waals surface area contributed by atoms with Crippen molar-refractivity contribution in [3.05, 3.63) is 0 Å². The molecule has 2 atom stereocenters. The number of hydrogen-bond acceptors (Lipinski definition) is 2. The molecule has 1 saturated heterocycles. The van der Waals surface area contributed by atoms with Crippen LogP contribution in [0.2, 0.25) is 0 Å². The summed E-state index contributed by atoms with van der Waals surface area (Å²) >= 11 is 5.20. The molecule has 2 N–H and O–H groups in total. The number of nitrogens with zero attached hydrogens (tertiary/aromatic N) is 1. The van der Waals surface area contributed by atoms with E-state index in [1.54, 1.807) is 0 Å². The van der Waals surface area contributed by atoms with Crippen molar-refractivity contribution >= 4 is 17.3 Å². The number of hydrogen-bond donors (Lipinski definition) is 2. The summed E-state index contributed by atoms with van der Waals surface area (Å²) in [4.78, 5) is 2.14. The van der Waals surface area contributed by atoms with E-state index in [2.05, 4.69) is 17.1 Å². The molecular formula is C9H18N2OS. The van der Waals surface area contributed by atoms with E-state index in [1.807, 2.05) is 6.92 Å². The van der Waals surface area contributed by atoms with Gasteiger partial charge >= 0.3 is 0 Å². The lowest BCUT2D eigenvalue weighted by molar-refractivity contribution is 0.0587. The van der Waals surface area contributed by atoms with Crippen molar-refractivity contribution in [1.82, 2.24) is 10.2 Å². The first kappa shape index (κ1) is 10.7. The van der Waals surface area contributed by atoms with E-state index < -0.39 is 0 Å². The lowest BCUT2D eigenvalue weighted by atomic mass is 9.97. The highest BCUT2D eigenvalue weighted by Gasteiger charge is 2.24. The van der Waals surface area contributed by atoms with Crippen LogP contribution in [0.25, 0.3) is 0 Å². The Morgan fingerprint density at radius 3 is 2.92 bits per heavy atom. The van der Waals surface area contributed by atoms with Crippen LogP contribution >= 0.6 is 12.2 Å². The van der Waals surface area contributed by atoms with Crippen molar-refractivity contribution in [2.45, 2.75) is 26.4 Å². The number of rotatable bonds is 1.